The summed E-state index contributed by atoms with van der Waals surface area (Å²) in [5, 5.41) is 2.45. The predicted molar refractivity (Wildman–Crippen MR) is 120 cm³/mol. The standard InChI is InChI=1S/C25H36O2Si/c1-22(2)13-12-20-26-28(24-16-8-4-9-17-24,25-18-10-5-11-19-25)27-21-23-14-6-3-7-15-23/h4-5,8-11,16-19,22-23H,3,6-7,12-15,20-21H2,1-2H3. The van der Waals surface area contributed by atoms with Crippen molar-refractivity contribution in [3.63, 3.8) is 0 Å². The SMILES string of the molecule is CC(C)CCCO[Si](OCC1CCCCC1)(c1ccccc1)c1ccccc1. The third-order valence-corrected chi connectivity index (χ3v) is 9.16. The molecular weight excluding hydrogens is 360 g/mol. The largest absolute Gasteiger partial charge is 0.407 e. The average molecular weight is 397 g/mol. The summed E-state index contributed by atoms with van der Waals surface area (Å²) in [6.07, 6.45) is 8.92. The minimum atomic E-state index is -2.70. The van der Waals surface area contributed by atoms with Gasteiger partial charge in [-0.2, -0.15) is 0 Å². The number of hydrogen-bond acceptors (Lipinski definition) is 2. The highest BCUT2D eigenvalue weighted by molar-refractivity contribution is 6.92. The van der Waals surface area contributed by atoms with Gasteiger partial charge in [0.15, 0.2) is 0 Å². The van der Waals surface area contributed by atoms with Crippen molar-refractivity contribution in [1.29, 1.82) is 0 Å². The lowest BCUT2D eigenvalue weighted by atomic mass is 9.90. The average Bonchev–Trinajstić information content (AvgIpc) is 2.75. The van der Waals surface area contributed by atoms with Crippen molar-refractivity contribution in [1.82, 2.24) is 0 Å². The second-order valence-electron chi connectivity index (χ2n) is 8.55. The Kier molecular flexibility index (Phi) is 8.32. The highest BCUT2D eigenvalue weighted by atomic mass is 28.4. The summed E-state index contributed by atoms with van der Waals surface area (Å²) >= 11 is 0. The monoisotopic (exact) mass is 396 g/mol. The first-order chi connectivity index (χ1) is 13.7. The fraction of sp³-hybridized carbons (Fsp3) is 0.520. The van der Waals surface area contributed by atoms with Crippen LogP contribution in [0.3, 0.4) is 0 Å². The molecule has 0 spiro atoms. The van der Waals surface area contributed by atoms with Crippen LogP contribution in [0, 0.1) is 11.8 Å². The smallest absolute Gasteiger partial charge is 0.388 e. The van der Waals surface area contributed by atoms with E-state index < -0.39 is 8.56 Å². The Balaban J connectivity index is 1.86. The molecule has 3 heteroatoms. The topological polar surface area (TPSA) is 18.5 Å². The molecule has 0 N–H and O–H groups in total. The van der Waals surface area contributed by atoms with Gasteiger partial charge in [0.05, 0.1) is 0 Å². The van der Waals surface area contributed by atoms with Gasteiger partial charge in [0.2, 0.25) is 0 Å². The van der Waals surface area contributed by atoms with Crippen LogP contribution in [0.1, 0.15) is 58.8 Å². The Hall–Kier alpha value is -1.42. The molecule has 3 rings (SSSR count). The van der Waals surface area contributed by atoms with E-state index in [0.29, 0.717) is 11.8 Å². The number of rotatable bonds is 10. The van der Waals surface area contributed by atoms with Crippen molar-refractivity contribution >= 4 is 18.9 Å². The van der Waals surface area contributed by atoms with E-state index in [-0.39, 0.29) is 0 Å². The van der Waals surface area contributed by atoms with Crippen molar-refractivity contribution in [3.05, 3.63) is 60.7 Å². The van der Waals surface area contributed by atoms with Gasteiger partial charge in [0.25, 0.3) is 0 Å². The lowest BCUT2D eigenvalue weighted by Gasteiger charge is -2.34. The molecule has 0 atom stereocenters. The summed E-state index contributed by atoms with van der Waals surface area (Å²) in [5.74, 6) is 1.38. The van der Waals surface area contributed by atoms with Crippen molar-refractivity contribution < 1.29 is 8.85 Å². The maximum absolute atomic E-state index is 6.87. The van der Waals surface area contributed by atoms with E-state index in [4.69, 9.17) is 8.85 Å². The molecule has 152 valence electrons. The molecule has 1 aliphatic rings. The molecule has 1 aliphatic carbocycles. The van der Waals surface area contributed by atoms with E-state index in [2.05, 4.69) is 74.5 Å². The zero-order valence-corrected chi connectivity index (χ0v) is 18.6. The van der Waals surface area contributed by atoms with Crippen LogP contribution in [-0.4, -0.2) is 21.8 Å². The minimum Gasteiger partial charge on any atom is -0.388 e. The van der Waals surface area contributed by atoms with Gasteiger partial charge in [-0.05, 0) is 47.9 Å². The normalized spacial score (nSPS) is 15.8. The first-order valence-electron chi connectivity index (χ1n) is 11.1. The van der Waals surface area contributed by atoms with Crippen LogP contribution in [0.15, 0.2) is 60.7 Å². The second kappa shape index (κ2) is 10.9. The third-order valence-electron chi connectivity index (χ3n) is 5.79. The van der Waals surface area contributed by atoms with Crippen LogP contribution in [0.25, 0.3) is 0 Å². The molecule has 0 unspecified atom stereocenters. The molecule has 1 fully saturated rings. The molecule has 0 aliphatic heterocycles. The van der Waals surface area contributed by atoms with Gasteiger partial charge >= 0.3 is 8.56 Å². The maximum atomic E-state index is 6.87. The van der Waals surface area contributed by atoms with Gasteiger partial charge in [-0.25, -0.2) is 0 Å². The van der Waals surface area contributed by atoms with Crippen LogP contribution in [0.2, 0.25) is 0 Å². The number of hydrogen-bond donors (Lipinski definition) is 0. The van der Waals surface area contributed by atoms with E-state index in [1.54, 1.807) is 0 Å². The predicted octanol–water partition coefficient (Wildman–Crippen LogP) is 5.29. The van der Waals surface area contributed by atoms with E-state index in [9.17, 15) is 0 Å². The molecule has 2 aromatic rings. The molecule has 0 aromatic heterocycles. The zero-order valence-electron chi connectivity index (χ0n) is 17.6. The van der Waals surface area contributed by atoms with Crippen molar-refractivity contribution in [2.45, 2.75) is 58.8 Å². The quantitative estimate of drug-likeness (QED) is 0.401. The molecule has 0 saturated heterocycles. The van der Waals surface area contributed by atoms with Crippen LogP contribution >= 0.6 is 0 Å². The van der Waals surface area contributed by atoms with Crippen molar-refractivity contribution in [2.75, 3.05) is 13.2 Å². The summed E-state index contributed by atoms with van der Waals surface area (Å²) in [5.41, 5.74) is 0. The van der Waals surface area contributed by atoms with E-state index in [1.807, 2.05) is 0 Å². The Labute approximate surface area is 172 Å². The summed E-state index contributed by atoms with van der Waals surface area (Å²) in [4.78, 5) is 0. The molecule has 1 saturated carbocycles. The fourth-order valence-electron chi connectivity index (χ4n) is 4.15. The lowest BCUT2D eigenvalue weighted by molar-refractivity contribution is 0.145. The number of benzene rings is 2. The maximum Gasteiger partial charge on any atom is 0.407 e. The lowest BCUT2D eigenvalue weighted by Crippen LogP contribution is -2.64. The summed E-state index contributed by atoms with van der Waals surface area (Å²) < 4.78 is 13.6. The fourth-order valence-corrected chi connectivity index (χ4v) is 7.40. The molecule has 28 heavy (non-hydrogen) atoms. The molecule has 0 bridgehead atoms. The zero-order chi connectivity index (χ0) is 19.7. The van der Waals surface area contributed by atoms with E-state index in [0.717, 1.165) is 19.6 Å². The molecule has 2 nitrogen and oxygen atoms in total. The Morgan fingerprint density at radius 1 is 0.821 bits per heavy atom. The van der Waals surface area contributed by atoms with Crippen LogP contribution in [0.5, 0.6) is 0 Å². The summed E-state index contributed by atoms with van der Waals surface area (Å²) in [7, 11) is -2.70. The van der Waals surface area contributed by atoms with Gasteiger partial charge in [0.1, 0.15) is 0 Å². The van der Waals surface area contributed by atoms with E-state index in [1.165, 1.54) is 48.9 Å². The van der Waals surface area contributed by atoms with Gasteiger partial charge in [-0.3, -0.25) is 0 Å². The van der Waals surface area contributed by atoms with Crippen molar-refractivity contribution in [2.24, 2.45) is 11.8 Å². The Morgan fingerprint density at radius 2 is 1.39 bits per heavy atom. The molecular formula is C25H36O2Si. The summed E-state index contributed by atoms with van der Waals surface area (Å²) in [6, 6.07) is 21.4. The molecule has 0 radical (unpaired) electrons. The van der Waals surface area contributed by atoms with Gasteiger partial charge < -0.3 is 8.85 Å². The first kappa shape index (κ1) is 21.3. The molecule has 0 amide bonds. The Morgan fingerprint density at radius 3 is 1.93 bits per heavy atom. The Bertz CT molecular complexity index is 626. The van der Waals surface area contributed by atoms with Crippen LogP contribution in [0.4, 0.5) is 0 Å². The van der Waals surface area contributed by atoms with Gasteiger partial charge in [0, 0.05) is 13.2 Å². The van der Waals surface area contributed by atoms with Gasteiger partial charge in [-0.15, -0.1) is 0 Å². The highest BCUT2D eigenvalue weighted by Gasteiger charge is 2.43. The molecule has 2 aromatic carbocycles. The molecule has 0 heterocycles. The van der Waals surface area contributed by atoms with Crippen LogP contribution in [-0.2, 0) is 8.85 Å². The minimum absolute atomic E-state index is 0.673. The van der Waals surface area contributed by atoms with Crippen LogP contribution < -0.4 is 10.4 Å². The highest BCUT2D eigenvalue weighted by Crippen LogP contribution is 2.25. The van der Waals surface area contributed by atoms with E-state index >= 15 is 0 Å². The second-order valence-corrected chi connectivity index (χ2v) is 11.5. The van der Waals surface area contributed by atoms with Crippen molar-refractivity contribution in [3.8, 4) is 0 Å². The summed E-state index contributed by atoms with van der Waals surface area (Å²) in [6.45, 7) is 6.14. The first-order valence-corrected chi connectivity index (χ1v) is 12.9. The van der Waals surface area contributed by atoms with Gasteiger partial charge in [-0.1, -0.05) is 93.8 Å². The third kappa shape index (κ3) is 5.79.